The third-order valence-electron chi connectivity index (χ3n) is 2.27. The van der Waals surface area contributed by atoms with Gasteiger partial charge in [-0.1, -0.05) is 24.0 Å². The van der Waals surface area contributed by atoms with E-state index >= 15 is 0 Å². The van der Waals surface area contributed by atoms with Crippen LogP contribution >= 0.6 is 0 Å². The highest BCUT2D eigenvalue weighted by atomic mass is 16.7. The van der Waals surface area contributed by atoms with E-state index in [1.807, 2.05) is 24.3 Å². The lowest BCUT2D eigenvalue weighted by atomic mass is 10.1. The van der Waals surface area contributed by atoms with E-state index in [9.17, 15) is 0 Å². The molecule has 0 atom stereocenters. The van der Waals surface area contributed by atoms with Crippen molar-refractivity contribution in [3.63, 3.8) is 0 Å². The molecule has 1 aliphatic heterocycles. The highest BCUT2D eigenvalue weighted by Crippen LogP contribution is 2.22. The lowest BCUT2D eigenvalue weighted by Gasteiger charge is -2.08. The van der Waals surface area contributed by atoms with Crippen LogP contribution in [0.4, 0.5) is 0 Å². The second kappa shape index (κ2) is 5.66. The van der Waals surface area contributed by atoms with E-state index in [0.717, 1.165) is 11.1 Å². The van der Waals surface area contributed by atoms with Gasteiger partial charge in [-0.15, -0.1) is 0 Å². The minimum Gasteiger partial charge on any atom is -0.395 e. The summed E-state index contributed by atoms with van der Waals surface area (Å²) in [5.74, 6) is 5.85. The molecule has 0 aliphatic carbocycles. The normalized spacial score (nSPS) is 15.8. The van der Waals surface area contributed by atoms with Gasteiger partial charge in [0, 0.05) is 17.5 Å². The van der Waals surface area contributed by atoms with E-state index in [2.05, 4.69) is 11.8 Å². The molecule has 0 aromatic heterocycles. The summed E-state index contributed by atoms with van der Waals surface area (Å²) in [6.07, 6.45) is 0.288. The van der Waals surface area contributed by atoms with Crippen LogP contribution in [0.25, 0.3) is 0 Å². The summed E-state index contributed by atoms with van der Waals surface area (Å²) in [7, 11) is 0. The molecular formula is C13H14O3. The van der Waals surface area contributed by atoms with Crippen LogP contribution in [0.15, 0.2) is 24.3 Å². The van der Waals surface area contributed by atoms with E-state index in [-0.39, 0.29) is 12.9 Å². The first-order chi connectivity index (χ1) is 7.90. The highest BCUT2D eigenvalue weighted by molar-refractivity contribution is 5.36. The predicted octanol–water partition coefficient (Wildman–Crippen LogP) is 1.47. The van der Waals surface area contributed by atoms with Crippen molar-refractivity contribution >= 4 is 0 Å². The Balaban J connectivity index is 2.02. The van der Waals surface area contributed by atoms with E-state index in [1.165, 1.54) is 0 Å². The first-order valence-corrected chi connectivity index (χ1v) is 5.33. The summed E-state index contributed by atoms with van der Waals surface area (Å²) in [6.45, 7) is 1.42. The topological polar surface area (TPSA) is 38.7 Å². The van der Waals surface area contributed by atoms with Gasteiger partial charge in [0.05, 0.1) is 19.8 Å². The molecule has 1 heterocycles. The lowest BCUT2D eigenvalue weighted by Crippen LogP contribution is -1.97. The van der Waals surface area contributed by atoms with Gasteiger partial charge in [-0.25, -0.2) is 0 Å². The summed E-state index contributed by atoms with van der Waals surface area (Å²) in [5, 5.41) is 8.60. The first kappa shape index (κ1) is 11.2. The summed E-state index contributed by atoms with van der Waals surface area (Å²) >= 11 is 0. The summed E-state index contributed by atoms with van der Waals surface area (Å²) in [4.78, 5) is 0. The third kappa shape index (κ3) is 2.83. The van der Waals surface area contributed by atoms with Gasteiger partial charge >= 0.3 is 0 Å². The van der Waals surface area contributed by atoms with Gasteiger partial charge in [0.15, 0.2) is 6.29 Å². The van der Waals surface area contributed by atoms with Crippen molar-refractivity contribution in [2.24, 2.45) is 0 Å². The van der Waals surface area contributed by atoms with Crippen LogP contribution in [0.2, 0.25) is 0 Å². The molecule has 1 fully saturated rings. The van der Waals surface area contributed by atoms with Gasteiger partial charge in [-0.2, -0.15) is 0 Å². The number of ether oxygens (including phenoxy) is 2. The molecule has 3 nitrogen and oxygen atoms in total. The monoisotopic (exact) mass is 218 g/mol. The average Bonchev–Trinajstić information content (AvgIpc) is 2.84. The van der Waals surface area contributed by atoms with E-state index in [0.29, 0.717) is 19.6 Å². The predicted molar refractivity (Wildman–Crippen MR) is 59.7 cm³/mol. The molecule has 1 N–H and O–H groups in total. The maximum absolute atomic E-state index is 8.60. The van der Waals surface area contributed by atoms with Gasteiger partial charge in [0.1, 0.15) is 0 Å². The second-order valence-electron chi connectivity index (χ2n) is 3.47. The van der Waals surface area contributed by atoms with Gasteiger partial charge < -0.3 is 14.6 Å². The van der Waals surface area contributed by atoms with Crippen molar-refractivity contribution in [3.05, 3.63) is 35.4 Å². The fraction of sp³-hybridized carbons (Fsp3) is 0.385. The van der Waals surface area contributed by atoms with E-state index in [1.54, 1.807) is 0 Å². The molecule has 84 valence electrons. The van der Waals surface area contributed by atoms with Gasteiger partial charge in [0.2, 0.25) is 0 Å². The molecule has 1 aliphatic rings. The van der Waals surface area contributed by atoms with Crippen molar-refractivity contribution in [2.45, 2.75) is 12.7 Å². The quantitative estimate of drug-likeness (QED) is 0.764. The fourth-order valence-electron chi connectivity index (χ4n) is 1.49. The molecule has 0 saturated carbocycles. The average molecular weight is 218 g/mol. The van der Waals surface area contributed by atoms with Crippen LogP contribution in [-0.4, -0.2) is 24.9 Å². The van der Waals surface area contributed by atoms with Crippen LogP contribution in [0.1, 0.15) is 23.8 Å². The number of rotatable bonds is 2. The van der Waals surface area contributed by atoms with Crippen LogP contribution in [0.5, 0.6) is 0 Å². The summed E-state index contributed by atoms with van der Waals surface area (Å²) in [6, 6.07) is 7.79. The molecule has 2 rings (SSSR count). The molecule has 1 saturated heterocycles. The Morgan fingerprint density at radius 1 is 1.19 bits per heavy atom. The Morgan fingerprint density at radius 2 is 1.88 bits per heavy atom. The Hall–Kier alpha value is -1.34. The summed E-state index contributed by atoms with van der Waals surface area (Å²) in [5.41, 5.74) is 1.96. The molecular weight excluding hydrogens is 204 g/mol. The molecule has 0 radical (unpaired) electrons. The van der Waals surface area contributed by atoms with Crippen molar-refractivity contribution in [3.8, 4) is 11.8 Å². The third-order valence-corrected chi connectivity index (χ3v) is 2.27. The Bertz CT molecular complexity index is 380. The highest BCUT2D eigenvalue weighted by Gasteiger charge is 2.17. The van der Waals surface area contributed by atoms with Crippen molar-refractivity contribution in [2.75, 3.05) is 19.8 Å². The zero-order valence-electron chi connectivity index (χ0n) is 8.98. The molecule has 0 unspecified atom stereocenters. The molecule has 1 aromatic rings. The largest absolute Gasteiger partial charge is 0.395 e. The SMILES string of the molecule is OCCC#Cc1ccc(C2OCCO2)cc1. The molecule has 16 heavy (non-hydrogen) atoms. The minimum atomic E-state index is -0.223. The fourth-order valence-corrected chi connectivity index (χ4v) is 1.49. The summed E-state index contributed by atoms with van der Waals surface area (Å²) < 4.78 is 10.8. The molecule has 0 spiro atoms. The molecule has 0 bridgehead atoms. The zero-order valence-corrected chi connectivity index (χ0v) is 8.98. The second-order valence-corrected chi connectivity index (χ2v) is 3.47. The number of aliphatic hydroxyl groups excluding tert-OH is 1. The molecule has 1 aromatic carbocycles. The van der Waals surface area contributed by atoms with Crippen LogP contribution in [0, 0.1) is 11.8 Å². The first-order valence-electron chi connectivity index (χ1n) is 5.33. The minimum absolute atomic E-state index is 0.106. The smallest absolute Gasteiger partial charge is 0.184 e. The van der Waals surface area contributed by atoms with Gasteiger partial charge in [-0.05, 0) is 12.1 Å². The Labute approximate surface area is 95.0 Å². The van der Waals surface area contributed by atoms with E-state index < -0.39 is 0 Å². The lowest BCUT2D eigenvalue weighted by molar-refractivity contribution is -0.0441. The number of benzene rings is 1. The molecule has 0 amide bonds. The number of hydrogen-bond acceptors (Lipinski definition) is 3. The van der Waals surface area contributed by atoms with Crippen LogP contribution in [0.3, 0.4) is 0 Å². The zero-order chi connectivity index (χ0) is 11.2. The van der Waals surface area contributed by atoms with Gasteiger partial charge in [-0.3, -0.25) is 0 Å². The number of hydrogen-bond donors (Lipinski definition) is 1. The van der Waals surface area contributed by atoms with Crippen LogP contribution in [-0.2, 0) is 9.47 Å². The Morgan fingerprint density at radius 3 is 2.50 bits per heavy atom. The van der Waals surface area contributed by atoms with Crippen molar-refractivity contribution in [1.29, 1.82) is 0 Å². The maximum Gasteiger partial charge on any atom is 0.184 e. The van der Waals surface area contributed by atoms with Crippen molar-refractivity contribution in [1.82, 2.24) is 0 Å². The van der Waals surface area contributed by atoms with Crippen molar-refractivity contribution < 1.29 is 14.6 Å². The Kier molecular flexibility index (Phi) is 3.95. The van der Waals surface area contributed by atoms with E-state index in [4.69, 9.17) is 14.6 Å². The number of aliphatic hydroxyl groups is 1. The maximum atomic E-state index is 8.60. The van der Waals surface area contributed by atoms with Crippen LogP contribution < -0.4 is 0 Å². The molecule has 3 heteroatoms. The van der Waals surface area contributed by atoms with Gasteiger partial charge in [0.25, 0.3) is 0 Å². The standard InChI is InChI=1S/C13H14O3/c14-8-2-1-3-11-4-6-12(7-5-11)13-15-9-10-16-13/h4-7,13-14H,2,8-10H2.